The van der Waals surface area contributed by atoms with Crippen LogP contribution in [0.2, 0.25) is 0 Å². The molecule has 5 nitrogen and oxygen atoms in total. The second-order valence-electron chi connectivity index (χ2n) is 6.21. The van der Waals surface area contributed by atoms with Crippen LogP contribution in [0.1, 0.15) is 44.1 Å². The number of nitrogens with zero attached hydrogens (tertiary/aromatic N) is 1. The zero-order valence-corrected chi connectivity index (χ0v) is 15.4. The minimum absolute atomic E-state index is 0.0831. The molecular formula is C19H26N2O3S. The molecule has 0 unspecified atom stereocenters. The number of carbonyl (C=O) groups is 2. The minimum Gasteiger partial charge on any atom is -0.466 e. The molecule has 25 heavy (non-hydrogen) atoms. The number of thiocarbonyl (C=S) groups is 1. The number of hydrogen-bond acceptors (Lipinski definition) is 4. The molecule has 0 atom stereocenters. The number of rotatable bonds is 7. The highest BCUT2D eigenvalue weighted by Crippen LogP contribution is 2.09. The van der Waals surface area contributed by atoms with Gasteiger partial charge in [-0.2, -0.15) is 0 Å². The SMILES string of the molecule is O=C(CCC(=O)OCCCc1ccccc1)NC(=S)N1CCCCC1. The molecule has 0 bridgehead atoms. The van der Waals surface area contributed by atoms with Crippen LogP contribution in [0.25, 0.3) is 0 Å². The van der Waals surface area contributed by atoms with Crippen molar-refractivity contribution in [2.45, 2.75) is 44.9 Å². The largest absolute Gasteiger partial charge is 0.466 e. The molecule has 1 fully saturated rings. The molecule has 0 spiro atoms. The molecule has 0 radical (unpaired) electrons. The maximum Gasteiger partial charge on any atom is 0.306 e. The van der Waals surface area contributed by atoms with Gasteiger partial charge in [-0.25, -0.2) is 0 Å². The Balaban J connectivity index is 1.54. The average molecular weight is 362 g/mol. The van der Waals surface area contributed by atoms with Gasteiger partial charge in [0.25, 0.3) is 0 Å². The third-order valence-electron chi connectivity index (χ3n) is 4.16. The predicted molar refractivity (Wildman–Crippen MR) is 101 cm³/mol. The van der Waals surface area contributed by atoms with Crippen LogP contribution in [0.3, 0.4) is 0 Å². The van der Waals surface area contributed by atoms with Crippen molar-refractivity contribution in [3.8, 4) is 0 Å². The van der Waals surface area contributed by atoms with Gasteiger partial charge in [0.2, 0.25) is 5.91 Å². The fraction of sp³-hybridized carbons (Fsp3) is 0.526. The highest BCUT2D eigenvalue weighted by Gasteiger charge is 2.16. The Labute approximate surface area is 154 Å². The summed E-state index contributed by atoms with van der Waals surface area (Å²) in [6.45, 7) is 2.16. The Hall–Kier alpha value is -1.95. The quantitative estimate of drug-likeness (QED) is 0.459. The molecule has 1 aromatic rings. The van der Waals surface area contributed by atoms with Crippen molar-refractivity contribution < 1.29 is 14.3 Å². The van der Waals surface area contributed by atoms with Crippen LogP contribution in [0.15, 0.2) is 30.3 Å². The number of piperidine rings is 1. The summed E-state index contributed by atoms with van der Waals surface area (Å²) in [6.07, 6.45) is 5.25. The van der Waals surface area contributed by atoms with Gasteiger partial charge in [-0.3, -0.25) is 9.59 Å². The summed E-state index contributed by atoms with van der Waals surface area (Å²) in [7, 11) is 0. The van der Waals surface area contributed by atoms with Gasteiger partial charge in [0.1, 0.15) is 0 Å². The van der Waals surface area contributed by atoms with Crippen molar-refractivity contribution in [1.82, 2.24) is 10.2 Å². The summed E-state index contributed by atoms with van der Waals surface area (Å²) >= 11 is 5.24. The fourth-order valence-electron chi connectivity index (χ4n) is 2.75. The first kappa shape index (κ1) is 19.4. The van der Waals surface area contributed by atoms with E-state index in [1.54, 1.807) is 0 Å². The molecule has 1 aromatic carbocycles. The molecule has 0 aromatic heterocycles. The van der Waals surface area contributed by atoms with E-state index in [1.165, 1.54) is 12.0 Å². The van der Waals surface area contributed by atoms with E-state index < -0.39 is 0 Å². The Morgan fingerprint density at radius 2 is 1.80 bits per heavy atom. The monoisotopic (exact) mass is 362 g/mol. The third kappa shape index (κ3) is 7.65. The van der Waals surface area contributed by atoms with Crippen molar-refractivity contribution in [2.24, 2.45) is 0 Å². The fourth-order valence-corrected chi connectivity index (χ4v) is 3.05. The molecule has 1 saturated heterocycles. The van der Waals surface area contributed by atoms with Crippen molar-refractivity contribution >= 4 is 29.2 Å². The highest BCUT2D eigenvalue weighted by molar-refractivity contribution is 7.80. The van der Waals surface area contributed by atoms with Gasteiger partial charge in [0.05, 0.1) is 13.0 Å². The first-order chi connectivity index (χ1) is 12.1. The molecule has 0 saturated carbocycles. The number of benzene rings is 1. The second kappa shape index (κ2) is 10.8. The topological polar surface area (TPSA) is 58.6 Å². The number of amides is 1. The molecule has 1 heterocycles. The Bertz CT molecular complexity index is 571. The van der Waals surface area contributed by atoms with Crippen molar-refractivity contribution in [2.75, 3.05) is 19.7 Å². The molecule has 1 aliphatic rings. The maximum atomic E-state index is 11.9. The standard InChI is InChI=1S/C19H26N2O3S/c22-17(20-19(25)21-13-5-2-6-14-21)11-12-18(23)24-15-7-10-16-8-3-1-4-9-16/h1,3-4,8-9H,2,5-7,10-15H2,(H,20,22,25). The van der Waals surface area contributed by atoms with E-state index >= 15 is 0 Å². The van der Waals surface area contributed by atoms with Gasteiger partial charge in [-0.1, -0.05) is 30.3 Å². The lowest BCUT2D eigenvalue weighted by molar-refractivity contribution is -0.145. The van der Waals surface area contributed by atoms with Gasteiger partial charge in [-0.15, -0.1) is 0 Å². The molecule has 0 aliphatic carbocycles. The van der Waals surface area contributed by atoms with Crippen LogP contribution >= 0.6 is 12.2 Å². The second-order valence-corrected chi connectivity index (χ2v) is 6.60. The van der Waals surface area contributed by atoms with Crippen LogP contribution in [-0.4, -0.2) is 41.6 Å². The van der Waals surface area contributed by atoms with E-state index in [-0.39, 0.29) is 24.7 Å². The van der Waals surface area contributed by atoms with E-state index in [0.29, 0.717) is 11.7 Å². The lowest BCUT2D eigenvalue weighted by atomic mass is 10.1. The normalized spacial score (nSPS) is 14.0. The van der Waals surface area contributed by atoms with Crippen LogP contribution in [0.5, 0.6) is 0 Å². The zero-order chi connectivity index (χ0) is 17.9. The molecule has 1 aliphatic heterocycles. The molecule has 1 amide bonds. The van der Waals surface area contributed by atoms with Crippen molar-refractivity contribution in [3.05, 3.63) is 35.9 Å². The predicted octanol–water partition coefficient (Wildman–Crippen LogP) is 2.83. The third-order valence-corrected chi connectivity index (χ3v) is 4.52. The van der Waals surface area contributed by atoms with E-state index in [0.717, 1.165) is 38.8 Å². The van der Waals surface area contributed by atoms with Gasteiger partial charge in [0, 0.05) is 19.5 Å². The van der Waals surface area contributed by atoms with Crippen molar-refractivity contribution in [1.29, 1.82) is 0 Å². The zero-order valence-electron chi connectivity index (χ0n) is 14.5. The molecule has 136 valence electrons. The molecule has 1 N–H and O–H groups in total. The summed E-state index contributed by atoms with van der Waals surface area (Å²) in [5.41, 5.74) is 1.23. The minimum atomic E-state index is -0.341. The first-order valence-electron chi connectivity index (χ1n) is 8.93. The Morgan fingerprint density at radius 3 is 2.52 bits per heavy atom. The lowest BCUT2D eigenvalue weighted by Gasteiger charge is -2.28. The summed E-state index contributed by atoms with van der Waals surface area (Å²) in [5, 5.41) is 3.18. The smallest absolute Gasteiger partial charge is 0.306 e. The number of esters is 1. The molecule has 2 rings (SSSR count). The van der Waals surface area contributed by atoms with E-state index in [1.807, 2.05) is 23.1 Å². The maximum absolute atomic E-state index is 11.9. The summed E-state index contributed by atoms with van der Waals surface area (Å²) in [6, 6.07) is 10.1. The summed E-state index contributed by atoms with van der Waals surface area (Å²) in [5.74, 6) is -0.566. The van der Waals surface area contributed by atoms with Crippen LogP contribution in [-0.2, 0) is 20.7 Å². The Kier molecular flexibility index (Phi) is 8.39. The molecular weight excluding hydrogens is 336 g/mol. The Morgan fingerprint density at radius 1 is 1.08 bits per heavy atom. The number of aryl methyl sites for hydroxylation is 1. The van der Waals surface area contributed by atoms with E-state index in [2.05, 4.69) is 17.4 Å². The van der Waals surface area contributed by atoms with Gasteiger partial charge >= 0.3 is 5.97 Å². The van der Waals surface area contributed by atoms with Crippen LogP contribution in [0, 0.1) is 0 Å². The van der Waals surface area contributed by atoms with Crippen LogP contribution in [0.4, 0.5) is 0 Å². The van der Waals surface area contributed by atoms with Gasteiger partial charge < -0.3 is 15.0 Å². The van der Waals surface area contributed by atoms with E-state index in [4.69, 9.17) is 17.0 Å². The number of carbonyl (C=O) groups excluding carboxylic acids is 2. The summed E-state index contributed by atoms with van der Waals surface area (Å²) < 4.78 is 5.17. The first-order valence-corrected chi connectivity index (χ1v) is 9.34. The lowest BCUT2D eigenvalue weighted by Crippen LogP contribution is -2.45. The molecule has 6 heteroatoms. The highest BCUT2D eigenvalue weighted by atomic mass is 32.1. The van der Waals surface area contributed by atoms with Crippen molar-refractivity contribution in [3.63, 3.8) is 0 Å². The summed E-state index contributed by atoms with van der Waals surface area (Å²) in [4.78, 5) is 25.6. The number of ether oxygens (including phenoxy) is 1. The van der Waals surface area contributed by atoms with Crippen LogP contribution < -0.4 is 5.32 Å². The number of likely N-dealkylation sites (tertiary alicyclic amines) is 1. The van der Waals surface area contributed by atoms with Gasteiger partial charge in [-0.05, 0) is 49.9 Å². The number of nitrogens with one attached hydrogen (secondary N) is 1. The van der Waals surface area contributed by atoms with E-state index in [9.17, 15) is 9.59 Å². The number of hydrogen-bond donors (Lipinski definition) is 1. The average Bonchev–Trinajstić information content (AvgIpc) is 2.65. The van der Waals surface area contributed by atoms with Gasteiger partial charge in [0.15, 0.2) is 5.11 Å².